The van der Waals surface area contributed by atoms with E-state index in [4.69, 9.17) is 0 Å². The minimum absolute atomic E-state index is 0.868. The highest BCUT2D eigenvalue weighted by Gasteiger charge is 2.14. The van der Waals surface area contributed by atoms with E-state index in [-0.39, 0.29) is 0 Å². The first kappa shape index (κ1) is 9.72. The number of hydrogen-bond donors (Lipinski definition) is 1. The third kappa shape index (κ3) is 2.16. The van der Waals surface area contributed by atoms with Gasteiger partial charge >= 0.3 is 0 Å². The minimum Gasteiger partial charge on any atom is -0.319 e. The van der Waals surface area contributed by atoms with Gasteiger partial charge in [0.1, 0.15) is 0 Å². The highest BCUT2D eigenvalue weighted by Crippen LogP contribution is 2.23. The van der Waals surface area contributed by atoms with Gasteiger partial charge in [-0.05, 0) is 56.3 Å². The third-order valence-electron chi connectivity index (χ3n) is 3.26. The summed E-state index contributed by atoms with van der Waals surface area (Å²) < 4.78 is 0. The number of nitrogens with one attached hydrogen (secondary N) is 1. The smallest absolute Gasteiger partial charge is 0.00233 e. The Labute approximate surface area is 86.5 Å². The summed E-state index contributed by atoms with van der Waals surface area (Å²) in [6, 6.07) is 8.91. The van der Waals surface area contributed by atoms with E-state index in [1.54, 1.807) is 11.1 Å². The molecule has 0 unspecified atom stereocenters. The maximum absolute atomic E-state index is 3.29. The molecule has 0 saturated carbocycles. The molecule has 0 fully saturated rings. The summed E-state index contributed by atoms with van der Waals surface area (Å²) in [6.07, 6.45) is 5.22. The summed E-state index contributed by atoms with van der Waals surface area (Å²) in [4.78, 5) is 0. The van der Waals surface area contributed by atoms with Crippen LogP contribution in [0, 0.1) is 5.92 Å². The Kier molecular flexibility index (Phi) is 3.20. The van der Waals surface area contributed by atoms with Crippen molar-refractivity contribution >= 4 is 0 Å². The summed E-state index contributed by atoms with van der Waals surface area (Å²) in [5.74, 6) is 0.868. The van der Waals surface area contributed by atoms with Crippen molar-refractivity contribution in [1.82, 2.24) is 5.32 Å². The Morgan fingerprint density at radius 3 is 2.21 bits per heavy atom. The monoisotopic (exact) mass is 189 g/mol. The zero-order chi connectivity index (χ0) is 9.80. The van der Waals surface area contributed by atoms with Crippen molar-refractivity contribution in [3.8, 4) is 0 Å². The topological polar surface area (TPSA) is 12.0 Å². The first-order chi connectivity index (χ1) is 6.90. The van der Waals surface area contributed by atoms with Gasteiger partial charge in [-0.2, -0.15) is 0 Å². The molecule has 0 aromatic heterocycles. The fourth-order valence-corrected chi connectivity index (χ4v) is 2.40. The summed E-state index contributed by atoms with van der Waals surface area (Å²) in [7, 11) is 2.05. The molecule has 0 atom stereocenters. The van der Waals surface area contributed by atoms with Gasteiger partial charge in [-0.3, -0.25) is 0 Å². The lowest BCUT2D eigenvalue weighted by molar-refractivity contribution is 0.445. The second-order valence-electron chi connectivity index (χ2n) is 4.27. The molecule has 1 heteroatoms. The Morgan fingerprint density at radius 1 is 1.14 bits per heavy atom. The fourth-order valence-electron chi connectivity index (χ4n) is 2.40. The van der Waals surface area contributed by atoms with Crippen molar-refractivity contribution < 1.29 is 0 Å². The van der Waals surface area contributed by atoms with Crippen molar-refractivity contribution in [3.05, 3.63) is 35.4 Å². The van der Waals surface area contributed by atoms with Gasteiger partial charge in [0, 0.05) is 0 Å². The molecule has 1 aromatic carbocycles. The molecular weight excluding hydrogens is 170 g/mol. The molecule has 0 saturated heterocycles. The quantitative estimate of drug-likeness (QED) is 0.704. The molecule has 0 radical (unpaired) electrons. The molecule has 1 aliphatic carbocycles. The van der Waals surface area contributed by atoms with Gasteiger partial charge in [0.25, 0.3) is 0 Å². The number of hydrogen-bond acceptors (Lipinski definition) is 1. The standard InChI is InChI=1S/C13H19N/c1-14-10-11-6-8-12-4-2-3-5-13(12)9-7-11/h2-5,11,14H,6-10H2,1H3. The molecule has 76 valence electrons. The molecule has 1 N–H and O–H groups in total. The SMILES string of the molecule is CNCC1CCc2ccccc2CC1. The third-order valence-corrected chi connectivity index (χ3v) is 3.26. The molecule has 1 aliphatic rings. The molecule has 0 amide bonds. The Morgan fingerprint density at radius 2 is 1.71 bits per heavy atom. The second-order valence-corrected chi connectivity index (χ2v) is 4.27. The van der Waals surface area contributed by atoms with E-state index in [2.05, 4.69) is 36.6 Å². The van der Waals surface area contributed by atoms with Crippen LogP contribution >= 0.6 is 0 Å². The molecule has 14 heavy (non-hydrogen) atoms. The largest absolute Gasteiger partial charge is 0.319 e. The lowest BCUT2D eigenvalue weighted by atomic mass is 10.00. The Balaban J connectivity index is 2.06. The normalized spacial score (nSPS) is 17.5. The van der Waals surface area contributed by atoms with E-state index in [0.717, 1.165) is 5.92 Å². The van der Waals surface area contributed by atoms with E-state index >= 15 is 0 Å². The van der Waals surface area contributed by atoms with Gasteiger partial charge < -0.3 is 5.32 Å². The molecule has 0 aliphatic heterocycles. The van der Waals surface area contributed by atoms with Gasteiger partial charge in [0.05, 0.1) is 0 Å². The number of aryl methyl sites for hydroxylation is 2. The van der Waals surface area contributed by atoms with Crippen LogP contribution in [-0.4, -0.2) is 13.6 Å². The zero-order valence-electron chi connectivity index (χ0n) is 8.92. The molecule has 0 heterocycles. The molecule has 1 aromatic rings. The average Bonchev–Trinajstić information content (AvgIpc) is 2.42. The van der Waals surface area contributed by atoms with Crippen molar-refractivity contribution in [2.24, 2.45) is 5.92 Å². The summed E-state index contributed by atoms with van der Waals surface area (Å²) in [5.41, 5.74) is 3.15. The van der Waals surface area contributed by atoms with Crippen molar-refractivity contribution in [2.45, 2.75) is 25.7 Å². The van der Waals surface area contributed by atoms with Gasteiger partial charge in [-0.1, -0.05) is 24.3 Å². The van der Waals surface area contributed by atoms with Crippen LogP contribution in [0.1, 0.15) is 24.0 Å². The van der Waals surface area contributed by atoms with Crippen LogP contribution in [0.5, 0.6) is 0 Å². The first-order valence-corrected chi connectivity index (χ1v) is 5.61. The summed E-state index contributed by atoms with van der Waals surface area (Å²) in [5, 5.41) is 3.29. The van der Waals surface area contributed by atoms with Crippen LogP contribution in [0.2, 0.25) is 0 Å². The van der Waals surface area contributed by atoms with Crippen LogP contribution in [0.15, 0.2) is 24.3 Å². The van der Waals surface area contributed by atoms with Crippen LogP contribution in [-0.2, 0) is 12.8 Å². The molecule has 0 spiro atoms. The van der Waals surface area contributed by atoms with Crippen molar-refractivity contribution in [1.29, 1.82) is 0 Å². The number of fused-ring (bicyclic) bond motifs is 1. The van der Waals surface area contributed by atoms with Gasteiger partial charge in [-0.25, -0.2) is 0 Å². The number of benzene rings is 1. The van der Waals surface area contributed by atoms with E-state index in [0.29, 0.717) is 0 Å². The van der Waals surface area contributed by atoms with Gasteiger partial charge in [0.2, 0.25) is 0 Å². The minimum atomic E-state index is 0.868. The van der Waals surface area contributed by atoms with Gasteiger partial charge in [0.15, 0.2) is 0 Å². The lowest BCUT2D eigenvalue weighted by Gasteiger charge is -2.12. The number of rotatable bonds is 2. The van der Waals surface area contributed by atoms with Crippen LogP contribution in [0.3, 0.4) is 0 Å². The highest BCUT2D eigenvalue weighted by molar-refractivity contribution is 5.28. The maximum Gasteiger partial charge on any atom is -0.00233 e. The predicted octanol–water partition coefficient (Wildman–Crippen LogP) is 2.40. The summed E-state index contributed by atoms with van der Waals surface area (Å²) >= 11 is 0. The maximum atomic E-state index is 3.29. The van der Waals surface area contributed by atoms with E-state index in [1.165, 1.54) is 32.2 Å². The zero-order valence-corrected chi connectivity index (χ0v) is 8.92. The van der Waals surface area contributed by atoms with E-state index in [9.17, 15) is 0 Å². The second kappa shape index (κ2) is 4.61. The molecule has 2 rings (SSSR count). The van der Waals surface area contributed by atoms with Crippen molar-refractivity contribution in [3.63, 3.8) is 0 Å². The Hall–Kier alpha value is -0.820. The molecular formula is C13H19N. The van der Waals surface area contributed by atoms with Crippen molar-refractivity contribution in [2.75, 3.05) is 13.6 Å². The lowest BCUT2D eigenvalue weighted by Crippen LogP contribution is -2.18. The predicted molar refractivity (Wildman–Crippen MR) is 60.5 cm³/mol. The fraction of sp³-hybridized carbons (Fsp3) is 0.538. The first-order valence-electron chi connectivity index (χ1n) is 5.61. The van der Waals surface area contributed by atoms with E-state index < -0.39 is 0 Å². The molecule has 0 bridgehead atoms. The van der Waals surface area contributed by atoms with Crippen LogP contribution < -0.4 is 5.32 Å². The molecule has 1 nitrogen and oxygen atoms in total. The highest BCUT2D eigenvalue weighted by atomic mass is 14.8. The van der Waals surface area contributed by atoms with Crippen LogP contribution in [0.25, 0.3) is 0 Å². The summed E-state index contributed by atoms with van der Waals surface area (Å²) in [6.45, 7) is 1.17. The van der Waals surface area contributed by atoms with Gasteiger partial charge in [-0.15, -0.1) is 0 Å². The average molecular weight is 189 g/mol. The Bertz CT molecular complexity index is 266. The van der Waals surface area contributed by atoms with E-state index in [1.807, 2.05) is 0 Å². The van der Waals surface area contributed by atoms with Crippen LogP contribution in [0.4, 0.5) is 0 Å².